The molecular weight excluding hydrogens is 384 g/mol. The largest absolute Gasteiger partial charge is 0.433 e. The first-order valence-corrected chi connectivity index (χ1v) is 7.90. The van der Waals surface area contributed by atoms with E-state index >= 15 is 0 Å². The van der Waals surface area contributed by atoms with Crippen molar-refractivity contribution in [3.05, 3.63) is 47.8 Å². The normalized spacial score (nSPS) is 13.3. The van der Waals surface area contributed by atoms with Gasteiger partial charge in [0, 0.05) is 6.20 Å². The van der Waals surface area contributed by atoms with Crippen molar-refractivity contribution >= 4 is 23.4 Å². The SMILES string of the molecule is CC(Sc1nccc(C(F)(F)F)n1)C(=O)Nc1ccccc1C(F)(F)F. The maximum Gasteiger partial charge on any atom is 0.433 e. The lowest BCUT2D eigenvalue weighted by Crippen LogP contribution is -2.24. The number of halogens is 6. The zero-order valence-electron chi connectivity index (χ0n) is 13.0. The summed E-state index contributed by atoms with van der Waals surface area (Å²) >= 11 is 0.599. The van der Waals surface area contributed by atoms with E-state index in [9.17, 15) is 31.1 Å². The summed E-state index contributed by atoms with van der Waals surface area (Å²) in [6.07, 6.45) is -8.44. The molecule has 0 spiro atoms. The fourth-order valence-electron chi connectivity index (χ4n) is 1.84. The number of benzene rings is 1. The van der Waals surface area contributed by atoms with E-state index in [1.54, 1.807) is 0 Å². The molecule has 0 fully saturated rings. The number of nitrogens with one attached hydrogen (secondary N) is 1. The number of nitrogens with zero attached hydrogens (tertiary/aromatic N) is 2. The Labute approximate surface area is 148 Å². The van der Waals surface area contributed by atoms with Gasteiger partial charge in [0.2, 0.25) is 5.91 Å². The molecule has 4 nitrogen and oxygen atoms in total. The third-order valence-electron chi connectivity index (χ3n) is 3.07. The molecule has 1 heterocycles. The van der Waals surface area contributed by atoms with Crippen LogP contribution in [0.2, 0.25) is 0 Å². The molecule has 0 saturated heterocycles. The van der Waals surface area contributed by atoms with Gasteiger partial charge in [-0.25, -0.2) is 9.97 Å². The number of para-hydroxylation sites is 1. The fourth-order valence-corrected chi connectivity index (χ4v) is 2.60. The average molecular weight is 395 g/mol. The van der Waals surface area contributed by atoms with Crippen LogP contribution >= 0.6 is 11.8 Å². The van der Waals surface area contributed by atoms with Crippen LogP contribution in [0, 0.1) is 0 Å². The van der Waals surface area contributed by atoms with Crippen molar-refractivity contribution in [2.45, 2.75) is 29.7 Å². The van der Waals surface area contributed by atoms with E-state index in [0.717, 1.165) is 18.3 Å². The van der Waals surface area contributed by atoms with E-state index in [1.165, 1.54) is 19.1 Å². The minimum Gasteiger partial charge on any atom is -0.325 e. The zero-order chi connectivity index (χ0) is 19.5. The molecule has 1 aromatic carbocycles. The molecule has 1 N–H and O–H groups in total. The molecule has 140 valence electrons. The maximum absolute atomic E-state index is 12.9. The molecule has 0 bridgehead atoms. The van der Waals surface area contributed by atoms with Crippen LogP contribution in [-0.2, 0) is 17.1 Å². The van der Waals surface area contributed by atoms with Crippen LogP contribution < -0.4 is 5.32 Å². The first-order valence-electron chi connectivity index (χ1n) is 7.02. The molecule has 2 aromatic rings. The Morgan fingerprint density at radius 1 is 1.08 bits per heavy atom. The molecule has 1 atom stereocenters. The highest BCUT2D eigenvalue weighted by molar-refractivity contribution is 8.00. The van der Waals surface area contributed by atoms with Gasteiger partial charge in [-0.15, -0.1) is 0 Å². The molecule has 0 saturated carbocycles. The highest BCUT2D eigenvalue weighted by Crippen LogP contribution is 2.35. The Morgan fingerprint density at radius 3 is 2.35 bits per heavy atom. The molecule has 1 unspecified atom stereocenters. The topological polar surface area (TPSA) is 54.9 Å². The van der Waals surface area contributed by atoms with Gasteiger partial charge >= 0.3 is 12.4 Å². The summed E-state index contributed by atoms with van der Waals surface area (Å²) in [6.45, 7) is 1.32. The highest BCUT2D eigenvalue weighted by atomic mass is 32.2. The van der Waals surface area contributed by atoms with Crippen LogP contribution in [0.25, 0.3) is 0 Å². The van der Waals surface area contributed by atoms with Crippen LogP contribution in [0.3, 0.4) is 0 Å². The second kappa shape index (κ2) is 7.52. The number of rotatable bonds is 4. The Hall–Kier alpha value is -2.30. The van der Waals surface area contributed by atoms with Gasteiger partial charge in [0.15, 0.2) is 5.16 Å². The number of carbonyl (C=O) groups excluding carboxylic acids is 1. The van der Waals surface area contributed by atoms with Crippen LogP contribution in [0.15, 0.2) is 41.7 Å². The number of aromatic nitrogens is 2. The van der Waals surface area contributed by atoms with Gasteiger partial charge in [-0.1, -0.05) is 23.9 Å². The fraction of sp³-hybridized carbons (Fsp3) is 0.267. The number of alkyl halides is 6. The van der Waals surface area contributed by atoms with Crippen molar-refractivity contribution in [1.82, 2.24) is 9.97 Å². The molecule has 0 aliphatic carbocycles. The van der Waals surface area contributed by atoms with E-state index < -0.39 is 40.5 Å². The highest BCUT2D eigenvalue weighted by Gasteiger charge is 2.34. The molecule has 11 heteroatoms. The van der Waals surface area contributed by atoms with Crippen molar-refractivity contribution in [2.24, 2.45) is 0 Å². The number of amides is 1. The molecule has 1 aromatic heterocycles. The lowest BCUT2D eigenvalue weighted by atomic mass is 10.1. The standard InChI is InChI=1S/C15H11F6N3OS/c1-8(26-13-22-7-6-11(24-13)15(19,20)21)12(25)23-10-5-3-2-4-9(10)14(16,17)18/h2-8H,1H3,(H,23,25). The second-order valence-corrected chi connectivity index (χ2v) is 6.32. The molecule has 0 aliphatic heterocycles. The Balaban J connectivity index is 2.12. The van der Waals surface area contributed by atoms with Gasteiger partial charge in [0.25, 0.3) is 0 Å². The smallest absolute Gasteiger partial charge is 0.325 e. The summed E-state index contributed by atoms with van der Waals surface area (Å²) in [5.74, 6) is -0.826. The van der Waals surface area contributed by atoms with E-state index in [4.69, 9.17) is 0 Å². The van der Waals surface area contributed by atoms with Crippen molar-refractivity contribution < 1.29 is 31.1 Å². The summed E-state index contributed by atoms with van der Waals surface area (Å²) in [7, 11) is 0. The maximum atomic E-state index is 12.9. The second-order valence-electron chi connectivity index (χ2n) is 5.01. The third-order valence-corrected chi connectivity index (χ3v) is 4.04. The van der Waals surface area contributed by atoms with Gasteiger partial charge in [0.05, 0.1) is 16.5 Å². The first-order chi connectivity index (χ1) is 12.0. The molecule has 2 rings (SSSR count). The van der Waals surface area contributed by atoms with E-state index in [0.29, 0.717) is 17.8 Å². The summed E-state index contributed by atoms with van der Waals surface area (Å²) in [6, 6.07) is 5.06. The minimum absolute atomic E-state index is 0.313. The quantitative estimate of drug-likeness (QED) is 0.466. The number of anilines is 1. The molecule has 26 heavy (non-hydrogen) atoms. The summed E-state index contributed by atoms with van der Waals surface area (Å²) in [5.41, 5.74) is -2.65. The number of hydrogen-bond donors (Lipinski definition) is 1. The number of hydrogen-bond acceptors (Lipinski definition) is 4. The average Bonchev–Trinajstić information content (AvgIpc) is 2.53. The minimum atomic E-state index is -4.67. The van der Waals surface area contributed by atoms with Crippen molar-refractivity contribution in [1.29, 1.82) is 0 Å². The van der Waals surface area contributed by atoms with Crippen LogP contribution in [0.4, 0.5) is 32.0 Å². The van der Waals surface area contributed by atoms with Gasteiger partial charge < -0.3 is 5.32 Å². The molecule has 0 radical (unpaired) electrons. The summed E-state index contributed by atoms with van der Waals surface area (Å²) in [5, 5.41) is 0.783. The summed E-state index contributed by atoms with van der Waals surface area (Å²) < 4.78 is 76.6. The van der Waals surface area contributed by atoms with E-state index in [1.807, 2.05) is 0 Å². The third kappa shape index (κ3) is 5.10. The number of carbonyl (C=O) groups is 1. The lowest BCUT2D eigenvalue weighted by molar-refractivity contribution is -0.141. The predicted octanol–water partition coefficient (Wildman–Crippen LogP) is 4.63. The van der Waals surface area contributed by atoms with Gasteiger partial charge in [-0.2, -0.15) is 26.3 Å². The van der Waals surface area contributed by atoms with Crippen molar-refractivity contribution in [2.75, 3.05) is 5.32 Å². The van der Waals surface area contributed by atoms with Crippen LogP contribution in [0.1, 0.15) is 18.2 Å². The molecular formula is C15H11F6N3OS. The molecule has 0 aliphatic rings. The van der Waals surface area contributed by atoms with Gasteiger partial charge in [-0.3, -0.25) is 4.79 Å². The Kier molecular flexibility index (Phi) is 5.79. The zero-order valence-corrected chi connectivity index (χ0v) is 13.8. The van der Waals surface area contributed by atoms with Crippen LogP contribution in [0.5, 0.6) is 0 Å². The lowest BCUT2D eigenvalue weighted by Gasteiger charge is -2.16. The Bertz CT molecular complexity index is 793. The van der Waals surface area contributed by atoms with Crippen molar-refractivity contribution in [3.63, 3.8) is 0 Å². The predicted molar refractivity (Wildman–Crippen MR) is 82.4 cm³/mol. The van der Waals surface area contributed by atoms with Gasteiger partial charge in [-0.05, 0) is 25.1 Å². The molecule has 1 amide bonds. The van der Waals surface area contributed by atoms with Gasteiger partial charge in [0.1, 0.15) is 5.69 Å². The van der Waals surface area contributed by atoms with E-state index in [-0.39, 0.29) is 5.16 Å². The summed E-state index contributed by atoms with van der Waals surface area (Å²) in [4.78, 5) is 19.0. The number of thioether (sulfide) groups is 1. The monoisotopic (exact) mass is 395 g/mol. The Morgan fingerprint density at radius 2 is 1.73 bits per heavy atom. The van der Waals surface area contributed by atoms with E-state index in [2.05, 4.69) is 15.3 Å². The van der Waals surface area contributed by atoms with Crippen LogP contribution in [-0.4, -0.2) is 21.1 Å². The van der Waals surface area contributed by atoms with Crippen molar-refractivity contribution in [3.8, 4) is 0 Å². The first kappa shape index (κ1) is 20.0.